The molecule has 10 heterocycles. The summed E-state index contributed by atoms with van der Waals surface area (Å²) >= 11 is 4.81. The molecule has 0 saturated carbocycles. The van der Waals surface area contributed by atoms with Gasteiger partial charge in [0.05, 0.1) is 186 Å². The van der Waals surface area contributed by atoms with Crippen molar-refractivity contribution in [2.24, 2.45) is 20.0 Å². The number of aromatic nitrogens is 2. The molecule has 4 fully saturated rings. The Hall–Kier alpha value is -10.6. The van der Waals surface area contributed by atoms with Gasteiger partial charge in [-0.15, -0.1) is 0 Å². The number of carbonyl (C=O) groups excluding carboxylic acids is 4. The van der Waals surface area contributed by atoms with E-state index in [1.165, 1.54) is 22.3 Å². The van der Waals surface area contributed by atoms with Gasteiger partial charge in [0.2, 0.25) is 0 Å². The van der Waals surface area contributed by atoms with Crippen molar-refractivity contribution in [1.82, 2.24) is 39.4 Å². The molecule has 136 heavy (non-hydrogen) atoms. The second kappa shape index (κ2) is 49.6. The van der Waals surface area contributed by atoms with Gasteiger partial charge in [-0.1, -0.05) is 68.2 Å². The molecule has 8 aliphatic rings. The highest BCUT2D eigenvalue weighted by molar-refractivity contribution is 8.77. The number of allylic oxidation sites excluding steroid dienone is 4. The van der Waals surface area contributed by atoms with Crippen molar-refractivity contribution in [3.8, 4) is 57.5 Å². The Morgan fingerprint density at radius 3 is 0.904 bits per heavy atom. The number of hydrogen-bond donors (Lipinski definition) is 1. The van der Waals surface area contributed by atoms with Crippen LogP contribution in [0.2, 0.25) is 0 Å². The largest absolute Gasteiger partial charge is 0.493 e. The molecule has 732 valence electrons. The van der Waals surface area contributed by atoms with Crippen LogP contribution in [0.4, 0.5) is 22.7 Å². The summed E-state index contributed by atoms with van der Waals surface area (Å²) in [5.41, 5.74) is 11.0. The molecule has 0 spiro atoms. The van der Waals surface area contributed by atoms with E-state index in [2.05, 4.69) is 68.1 Å². The molecule has 8 aliphatic heterocycles. The number of benzene rings is 4. The smallest absolute Gasteiger partial charge is 0.257 e. The fourth-order valence-corrected chi connectivity index (χ4v) is 19.5. The molecule has 4 saturated heterocycles. The molecule has 2 aromatic heterocycles. The minimum atomic E-state index is -0.251. The lowest BCUT2D eigenvalue weighted by Gasteiger charge is -2.31. The molecule has 0 bridgehead atoms. The van der Waals surface area contributed by atoms with Crippen molar-refractivity contribution in [3.63, 3.8) is 0 Å². The van der Waals surface area contributed by atoms with E-state index in [0.29, 0.717) is 257 Å². The number of ether oxygens (including phenoxy) is 16. The van der Waals surface area contributed by atoms with E-state index in [4.69, 9.17) is 118 Å². The normalized spacial score (nSPS) is 18.7. The third kappa shape index (κ3) is 27.5. The van der Waals surface area contributed by atoms with Crippen LogP contribution in [0.25, 0.3) is 0 Å². The average molecular weight is 1930 g/mol. The fraction of sp³-hybridized carbons (Fsp3) is 0.505. The molecule has 4 aromatic carbocycles. The first-order valence-electron chi connectivity index (χ1n) is 46.1. The molecular formula is C101H130N12O20S3. The van der Waals surface area contributed by atoms with Crippen LogP contribution in [0.15, 0.2) is 139 Å². The van der Waals surface area contributed by atoms with Crippen molar-refractivity contribution in [2.45, 2.75) is 141 Å². The van der Waals surface area contributed by atoms with E-state index in [1.54, 1.807) is 102 Å². The second-order valence-electron chi connectivity index (χ2n) is 35.0. The molecule has 0 N–H and O–H groups in total. The summed E-state index contributed by atoms with van der Waals surface area (Å²) in [6.45, 7) is 29.2. The molecule has 6 aromatic rings. The van der Waals surface area contributed by atoms with E-state index < -0.39 is 0 Å². The summed E-state index contributed by atoms with van der Waals surface area (Å²) in [6.07, 6.45) is 20.7. The Morgan fingerprint density at radius 1 is 0.368 bits per heavy atom. The SMILES string of the molecule is C/C=C1\C[C@H]2C=Nc3cc(OCc4cc(OCCN(CCOCCOCCOC)CC(C)(C)S)cc(COc5cc6c(cc5OC)C(=O)N5C/C(=C/C)C[C@H]5C=N6)n4)c(OC)cc3C(=O)N2C1.C/C=C1\C[C@H]2C=Nc3cc(OCc4cc(OCCN(CCOCCOCCOC)CC(C)(C)SSC)cc(COc5cc6c(cc5OC)C(=O)N5C/C(=C/C)C[C@H]5C=N6)n4)c(OC)cc3C(=O)N2C1. The second-order valence-corrected chi connectivity index (χ2v) is 39.3. The highest BCUT2D eigenvalue weighted by Crippen LogP contribution is 2.45. The van der Waals surface area contributed by atoms with E-state index >= 15 is 0 Å². The van der Waals surface area contributed by atoms with Crippen LogP contribution in [0.5, 0.6) is 57.5 Å². The van der Waals surface area contributed by atoms with Gasteiger partial charge in [0.15, 0.2) is 46.0 Å². The van der Waals surface area contributed by atoms with Gasteiger partial charge in [-0.25, -0.2) is 0 Å². The summed E-state index contributed by atoms with van der Waals surface area (Å²) in [6, 6.07) is 20.7. The molecule has 0 unspecified atom stereocenters. The number of aliphatic imine (C=N–C) groups is 4. The monoisotopic (exact) mass is 1930 g/mol. The third-order valence-corrected chi connectivity index (χ3v) is 26.9. The Balaban J connectivity index is 0.000000230. The zero-order valence-corrected chi connectivity index (χ0v) is 83.4. The molecule has 4 amide bonds. The quantitative estimate of drug-likeness (QED) is 0.0160. The van der Waals surface area contributed by atoms with Gasteiger partial charge in [-0.05, 0) is 112 Å². The summed E-state index contributed by atoms with van der Waals surface area (Å²) in [5, 5.41) is 0. The summed E-state index contributed by atoms with van der Waals surface area (Å²) in [5.74, 6) is 4.02. The van der Waals surface area contributed by atoms with Gasteiger partial charge >= 0.3 is 0 Å². The zero-order chi connectivity index (χ0) is 96.4. The van der Waals surface area contributed by atoms with Crippen molar-refractivity contribution in [3.05, 3.63) is 164 Å². The van der Waals surface area contributed by atoms with Gasteiger partial charge in [0.1, 0.15) is 51.1 Å². The average Bonchev–Trinajstić information content (AvgIpc) is 1.70. The number of fused-ring (bicyclic) bond motifs is 8. The Morgan fingerprint density at radius 2 is 0.640 bits per heavy atom. The lowest BCUT2D eigenvalue weighted by Crippen LogP contribution is -2.40. The molecule has 14 rings (SSSR count). The summed E-state index contributed by atoms with van der Waals surface area (Å²) in [7, 11) is 13.1. The zero-order valence-electron chi connectivity index (χ0n) is 80.9. The number of methoxy groups -OCH3 is 6. The van der Waals surface area contributed by atoms with Gasteiger partial charge in [0.25, 0.3) is 23.6 Å². The van der Waals surface area contributed by atoms with E-state index in [0.717, 1.165) is 38.8 Å². The van der Waals surface area contributed by atoms with Crippen molar-refractivity contribution in [1.29, 1.82) is 0 Å². The molecule has 35 heteroatoms. The van der Waals surface area contributed by atoms with Crippen molar-refractivity contribution < 1.29 is 95.0 Å². The number of rotatable bonds is 48. The predicted octanol–water partition coefficient (Wildman–Crippen LogP) is 15.2. The fourth-order valence-electron chi connectivity index (χ4n) is 17.1. The minimum Gasteiger partial charge on any atom is -0.493 e. The number of hydrogen-bond acceptors (Lipinski definition) is 31. The van der Waals surface area contributed by atoms with Crippen LogP contribution in [0.1, 0.15) is 145 Å². The maximum Gasteiger partial charge on any atom is 0.257 e. The number of nitrogens with zero attached hydrogens (tertiary/aromatic N) is 12. The first kappa shape index (κ1) is 103. The van der Waals surface area contributed by atoms with Crippen molar-refractivity contribution in [2.75, 3.05) is 194 Å². The van der Waals surface area contributed by atoms with E-state index in [-0.39, 0.29) is 83.7 Å². The minimum absolute atomic E-state index is 0.0155. The molecule has 0 radical (unpaired) electrons. The van der Waals surface area contributed by atoms with E-state index in [1.807, 2.05) is 107 Å². The molecule has 4 atom stereocenters. The molecule has 32 nitrogen and oxygen atoms in total. The van der Waals surface area contributed by atoms with Crippen LogP contribution in [-0.4, -0.2) is 315 Å². The first-order chi connectivity index (χ1) is 65.8. The maximum atomic E-state index is 13.8. The van der Waals surface area contributed by atoms with Crippen LogP contribution in [0, 0.1) is 0 Å². The lowest BCUT2D eigenvalue weighted by atomic mass is 10.1. The molecule has 0 aliphatic carbocycles. The molecular weight excluding hydrogens is 1800 g/mol. The highest BCUT2D eigenvalue weighted by atomic mass is 33.1. The van der Waals surface area contributed by atoms with Crippen LogP contribution >= 0.6 is 34.2 Å². The number of pyridine rings is 2. The summed E-state index contributed by atoms with van der Waals surface area (Å²) in [4.78, 5) is 95.8. The maximum absolute atomic E-state index is 13.8. The van der Waals surface area contributed by atoms with Gasteiger partial charge < -0.3 is 95.4 Å². The Kier molecular flexibility index (Phi) is 37.5. The number of amides is 4. The van der Waals surface area contributed by atoms with Gasteiger partial charge in [-0.2, -0.15) is 12.6 Å². The Bertz CT molecular complexity index is 5160. The Labute approximate surface area is 811 Å². The number of carbonyl (C=O) groups is 4. The topological polar surface area (TPSA) is 311 Å². The van der Waals surface area contributed by atoms with Crippen LogP contribution in [0.3, 0.4) is 0 Å². The number of thiol groups is 1. The predicted molar refractivity (Wildman–Crippen MR) is 532 cm³/mol. The van der Waals surface area contributed by atoms with Crippen LogP contribution in [-0.2, 0) is 54.8 Å². The van der Waals surface area contributed by atoms with E-state index in [9.17, 15) is 19.2 Å². The first-order valence-corrected chi connectivity index (χ1v) is 49.2. The van der Waals surface area contributed by atoms with Crippen molar-refractivity contribution >= 4 is 105 Å². The van der Waals surface area contributed by atoms with Gasteiger partial charge in [-0.3, -0.25) is 58.9 Å². The lowest BCUT2D eigenvalue weighted by molar-refractivity contribution is 0.0184. The standard InChI is InChI=1S/C51H66N6O10S2.C50H64N6O10S/c1-9-34-19-38-27-52-43-25-47(45(61-6)23-41(43)49(58)56(38)29-34)66-31-36-21-40(65-14-12-55(33-51(3,4)69-68-8)11-13-63-17-18-64-16-15-60-5)22-37(54-36)32-67-48-26-44-42(24-46(48)62-7)50(59)57-30-35(10-2)20-39(57)28-53-44;1-8-33-18-37-26-51-42-24-46(44(60-6)22-40(42)48(57)55(37)28-33)65-30-35-20-39(64-13-11-54(32-50(3,4)67)10-12-62-16-17-63-15-14-59-5)21-36(53-35)31-66-47-25-43-41(23-45(47)61-7)49(58)56-29-34(9-2)19-38(56)27-52-43/h9-10,21-28,38-39H,11-20,29-33H2,1-8H3;8-9,20-27,37-38,67H,10-19,28-32H2,1-7H3/b34-9+,35-10+;33-8+,34-9+/t38-,39-;37-,38-/m00/s1. The highest BCUT2D eigenvalue weighted by Gasteiger charge is 2.40. The third-order valence-electron chi connectivity index (χ3n) is 24.1. The van der Waals surface area contributed by atoms with Gasteiger partial charge in [0, 0.05) is 163 Å². The summed E-state index contributed by atoms with van der Waals surface area (Å²) < 4.78 is 94.4. The van der Waals surface area contributed by atoms with Crippen LogP contribution < -0.4 is 47.4 Å².